The number of nitrogens with zero attached hydrogens (tertiary/aromatic N) is 6. The van der Waals surface area contributed by atoms with Crippen LogP contribution in [0.15, 0.2) is 91.0 Å². The van der Waals surface area contributed by atoms with Crippen molar-refractivity contribution in [3.8, 4) is 0 Å². The molecule has 0 unspecified atom stereocenters. The van der Waals surface area contributed by atoms with E-state index in [1.807, 2.05) is 14.0 Å². The number of nitrogens with one attached hydrogen (secondary N) is 1. The highest BCUT2D eigenvalue weighted by molar-refractivity contribution is 5.90. The zero-order chi connectivity index (χ0) is 78.6. The smallest absolute Gasteiger partial charge is 0.410 e. The summed E-state index contributed by atoms with van der Waals surface area (Å²) >= 11 is 0. The molecule has 19 nitrogen and oxygen atoms in total. The van der Waals surface area contributed by atoms with E-state index < -0.39 is 47.2 Å². The highest BCUT2D eigenvalue weighted by atomic mass is 16.6. The number of hydrogen-bond donors (Lipinski definition) is 4. The molecule has 5 heterocycles. The maximum Gasteiger partial charge on any atom is 0.410 e. The molecule has 3 aromatic rings. The molecule has 109 heavy (non-hydrogen) atoms. The summed E-state index contributed by atoms with van der Waals surface area (Å²) in [6, 6.07) is 31.7. The van der Waals surface area contributed by atoms with Gasteiger partial charge in [-0.05, 0) is 236 Å². The molecule has 3 amide bonds. The van der Waals surface area contributed by atoms with E-state index in [1.54, 1.807) is 41.5 Å². The predicted molar refractivity (Wildman–Crippen MR) is 434 cm³/mol. The Morgan fingerprint density at radius 3 is 1.28 bits per heavy atom. The second-order valence-corrected chi connectivity index (χ2v) is 35.6. The lowest BCUT2D eigenvalue weighted by atomic mass is 9.76. The fourth-order valence-corrected chi connectivity index (χ4v) is 18.7. The molecule has 5 N–H and O–H groups in total. The second-order valence-electron chi connectivity index (χ2n) is 35.6. The first-order valence-electron chi connectivity index (χ1n) is 42.6. The first-order valence-corrected chi connectivity index (χ1v) is 42.6. The molecule has 3 aromatic carbocycles. The lowest BCUT2D eigenvalue weighted by Crippen LogP contribution is -2.55. The molecular formula is C90H142N8O11. The van der Waals surface area contributed by atoms with Crippen LogP contribution >= 0.6 is 0 Å². The molecule has 0 bridgehead atoms. The van der Waals surface area contributed by atoms with Gasteiger partial charge in [-0.15, -0.1) is 0 Å². The van der Waals surface area contributed by atoms with Crippen molar-refractivity contribution in [2.45, 2.75) is 277 Å². The molecule has 0 radical (unpaired) electrons. The number of carbonyl (C=O) groups is 7. The summed E-state index contributed by atoms with van der Waals surface area (Å²) in [5.74, 6) is 1.96. The quantitative estimate of drug-likeness (QED) is 0.0646. The maximum atomic E-state index is 14.0. The van der Waals surface area contributed by atoms with Gasteiger partial charge in [0, 0.05) is 83.8 Å². The van der Waals surface area contributed by atoms with Crippen molar-refractivity contribution in [2.75, 3.05) is 86.1 Å². The average molecular weight is 1510 g/mol. The number of Topliss-reactive ketones (excluding diaryl/α,β-unsaturated/α-hetero) is 1. The first-order chi connectivity index (χ1) is 52.1. The van der Waals surface area contributed by atoms with E-state index in [0.29, 0.717) is 42.2 Å². The van der Waals surface area contributed by atoms with Gasteiger partial charge in [-0.25, -0.2) is 9.59 Å². The van der Waals surface area contributed by atoms with Gasteiger partial charge in [0.2, 0.25) is 11.8 Å². The van der Waals surface area contributed by atoms with Crippen molar-refractivity contribution < 1.29 is 53.2 Å². The molecule has 9 fully saturated rings. The normalized spacial score (nSPS) is 24.3. The van der Waals surface area contributed by atoms with Gasteiger partial charge in [-0.2, -0.15) is 0 Å². The van der Waals surface area contributed by atoms with E-state index in [2.05, 4.69) is 121 Å². The highest BCUT2D eigenvalue weighted by Crippen LogP contribution is 2.41. The number of hydrogen-bond acceptors (Lipinski definition) is 14. The number of aliphatic carboxylic acids is 2. The van der Waals surface area contributed by atoms with Crippen LogP contribution in [0.3, 0.4) is 0 Å². The van der Waals surface area contributed by atoms with Gasteiger partial charge in [0.05, 0.1) is 24.4 Å². The summed E-state index contributed by atoms with van der Waals surface area (Å²) in [5.41, 5.74) is 9.57. The number of amides is 3. The molecule has 608 valence electrons. The zero-order valence-corrected chi connectivity index (χ0v) is 68.6. The first kappa shape index (κ1) is 88.3. The number of esters is 1. The van der Waals surface area contributed by atoms with E-state index in [4.69, 9.17) is 20.3 Å². The predicted octanol–water partition coefficient (Wildman–Crippen LogP) is 14.7. The van der Waals surface area contributed by atoms with Crippen LogP contribution in [0.5, 0.6) is 0 Å². The molecule has 5 aliphatic heterocycles. The lowest BCUT2D eigenvalue weighted by molar-refractivity contribution is -0.161. The summed E-state index contributed by atoms with van der Waals surface area (Å²) < 4.78 is 10.2. The molecule has 11 atom stereocenters. The number of fused-ring (bicyclic) bond motifs is 3. The highest BCUT2D eigenvalue weighted by Gasteiger charge is 2.46. The minimum absolute atomic E-state index is 0.00271. The number of ketones is 1. The number of benzene rings is 3. The zero-order valence-electron chi connectivity index (χ0n) is 68.6. The topological polar surface area (TPSA) is 236 Å². The molecule has 9 aliphatic rings. The number of likely N-dealkylation sites (tertiary alicyclic amines) is 5. The fourth-order valence-electron chi connectivity index (χ4n) is 18.7. The third kappa shape index (κ3) is 28.7. The van der Waals surface area contributed by atoms with Gasteiger partial charge in [0.15, 0.2) is 0 Å². The summed E-state index contributed by atoms with van der Waals surface area (Å²) in [4.78, 5) is 98.2. The van der Waals surface area contributed by atoms with Crippen LogP contribution in [0.25, 0.3) is 0 Å². The van der Waals surface area contributed by atoms with Crippen LogP contribution in [0, 0.1) is 53.3 Å². The van der Waals surface area contributed by atoms with E-state index >= 15 is 0 Å². The van der Waals surface area contributed by atoms with Crippen molar-refractivity contribution >= 4 is 41.6 Å². The maximum absolute atomic E-state index is 14.0. The number of carbonyl (C=O) groups excluding carboxylic acids is 5. The van der Waals surface area contributed by atoms with Gasteiger partial charge in [0.25, 0.3) is 0 Å². The third-order valence-corrected chi connectivity index (χ3v) is 25.5. The van der Waals surface area contributed by atoms with Crippen LogP contribution in [0.2, 0.25) is 0 Å². The largest absolute Gasteiger partial charge is 0.481 e. The number of nitrogens with two attached hydrogens (primary N) is 1. The van der Waals surface area contributed by atoms with E-state index in [-0.39, 0.29) is 47.9 Å². The Kier molecular flexibility index (Phi) is 35.9. The molecule has 19 heteroatoms. The molecule has 12 rings (SSSR count). The van der Waals surface area contributed by atoms with Crippen LogP contribution in [0.1, 0.15) is 233 Å². The van der Waals surface area contributed by atoms with Crippen LogP contribution in [-0.4, -0.2) is 209 Å². The Bertz CT molecular complexity index is 3220. The summed E-state index contributed by atoms with van der Waals surface area (Å²) in [6.07, 6.45) is 30.9. The molecule has 4 saturated carbocycles. The van der Waals surface area contributed by atoms with E-state index in [1.165, 1.54) is 153 Å². The molecule has 4 aliphatic carbocycles. The van der Waals surface area contributed by atoms with Crippen molar-refractivity contribution in [1.29, 1.82) is 0 Å². The standard InChI is InChI=1S/C28H43N3O2.C23H35N3O.C16H23N.C14H24O4.C9H17NO4/c1-21(29-2)27(32)19-25(23-11-7-4-8-12-23)28(33)31-18-15-24-14-17-30(20-26(24)31)16-13-22-9-5-3-6-10-22;24-22(20-9-5-2-6-10-20)23(27)26-16-13-19-12-15-25(17-21(19)26)14-11-18-7-3-1-4-8-18;1-2-5-14(6-3-1)9-11-17-12-10-15-7-4-8-16(15)13-17;1-14(2,3)18-12(15)9-11(13(16)17)10-7-5-4-6-8-10;1-6(7(11)12)10(5)8(13)14-9(2,3)4/h3,5-6,9-10,21,23-26,29H,4,7-8,11-20H2,1-2H3;1,3-4,7-8,19-22H,2,5-6,9-17,24H2;1-3,5-6,15-16H,4,7-13H2;10-11H,4-9H2,1-3H3,(H,16,17);6H,1-5H3,(H,11,12)/t21-,24+,25-,26+;19-,21-,22+;15-,16+;11-;6-/m01000/s1. The number of carboxylic acids is 2. The molecule has 0 aromatic heterocycles. The Labute approximate surface area is 655 Å². The number of ether oxygens (including phenoxy) is 2. The molecular weight excluding hydrogens is 1370 g/mol. The number of piperidine rings is 3. The number of rotatable bonds is 23. The summed E-state index contributed by atoms with van der Waals surface area (Å²) in [7, 11) is 3.23. The molecule has 5 saturated heterocycles. The Hall–Kier alpha value is -6.25. The van der Waals surface area contributed by atoms with Crippen molar-refractivity contribution in [3.05, 3.63) is 108 Å². The van der Waals surface area contributed by atoms with Gasteiger partial charge in [-0.1, -0.05) is 162 Å². The third-order valence-electron chi connectivity index (χ3n) is 25.5. The number of likely N-dealkylation sites (N-methyl/N-ethyl adjacent to an activating group) is 2. The van der Waals surface area contributed by atoms with E-state index in [9.17, 15) is 38.7 Å². The summed E-state index contributed by atoms with van der Waals surface area (Å²) in [6.45, 7) is 26.1. The van der Waals surface area contributed by atoms with Crippen molar-refractivity contribution in [2.24, 2.45) is 59.0 Å². The van der Waals surface area contributed by atoms with Crippen LogP contribution < -0.4 is 11.1 Å². The van der Waals surface area contributed by atoms with Crippen LogP contribution in [-0.2, 0) is 57.5 Å². The van der Waals surface area contributed by atoms with Gasteiger partial charge in [0.1, 0.15) is 23.0 Å². The Morgan fingerprint density at radius 2 is 0.862 bits per heavy atom. The lowest BCUT2D eigenvalue weighted by Gasteiger charge is -2.40. The average Bonchev–Trinajstić information content (AvgIpc) is 1.62. The van der Waals surface area contributed by atoms with Crippen molar-refractivity contribution in [1.82, 2.24) is 34.7 Å². The van der Waals surface area contributed by atoms with E-state index in [0.717, 1.165) is 133 Å². The van der Waals surface area contributed by atoms with Crippen LogP contribution in [0.4, 0.5) is 4.79 Å². The summed E-state index contributed by atoms with van der Waals surface area (Å²) in [5, 5.41) is 21.0. The van der Waals surface area contributed by atoms with Gasteiger partial charge >= 0.3 is 24.0 Å². The van der Waals surface area contributed by atoms with Gasteiger partial charge in [-0.3, -0.25) is 28.9 Å². The minimum atomic E-state index is -1.06. The SMILES string of the molecule is CC(C)(C)OC(=O)C[C@H](C(=O)O)C1CCCCC1.CN[C@@H](C)C(=O)C[C@H](C(=O)N1CC[C@H]2CCN(CCc3ccccc3)C[C@H]21)C1CCCCC1.C[C@@H](C(=O)O)N(C)C(=O)OC(C)(C)C.N[C@H](C(=O)N1CC[C@H]2CCN(CCc3ccccc3)C[C@H]21)C1CCCCC1.c1ccc(CCN2CC[C@@H]3CCC[C@@H]3C2)cc1. The monoisotopic (exact) mass is 1510 g/mol. The fraction of sp³-hybridized carbons (Fsp3) is 0.722. The van der Waals surface area contributed by atoms with Crippen molar-refractivity contribution in [3.63, 3.8) is 0 Å². The minimum Gasteiger partial charge on any atom is -0.481 e. The number of carboxylic acid groups (broad SMARTS) is 2. The second kappa shape index (κ2) is 44.3. The Morgan fingerprint density at radius 1 is 0.468 bits per heavy atom. The van der Waals surface area contributed by atoms with Gasteiger partial charge < -0.3 is 55.2 Å². The Balaban J connectivity index is 0.000000178. The molecule has 0 spiro atoms.